The molecule has 2 N–H and O–H groups in total. The van der Waals surface area contributed by atoms with Gasteiger partial charge >= 0.3 is 0 Å². The zero-order valence-corrected chi connectivity index (χ0v) is 10.2. The fourth-order valence-corrected chi connectivity index (χ4v) is 1.89. The van der Waals surface area contributed by atoms with Gasteiger partial charge in [0.1, 0.15) is 0 Å². The Kier molecular flexibility index (Phi) is 4.01. The summed E-state index contributed by atoms with van der Waals surface area (Å²) in [5.74, 6) is 0.703. The van der Waals surface area contributed by atoms with Crippen LogP contribution in [0.3, 0.4) is 0 Å². The van der Waals surface area contributed by atoms with Crippen LogP contribution in [0.2, 0.25) is 0 Å². The van der Waals surface area contributed by atoms with Gasteiger partial charge in [0.2, 0.25) is 0 Å². The minimum absolute atomic E-state index is 0.703. The minimum Gasteiger partial charge on any atom is -0.397 e. The fourth-order valence-electron chi connectivity index (χ4n) is 1.89. The molecule has 0 aliphatic heterocycles. The Morgan fingerprint density at radius 2 is 2.07 bits per heavy atom. The number of nitrogens with two attached hydrogens (primary N) is 1. The van der Waals surface area contributed by atoms with Gasteiger partial charge in [-0.25, -0.2) is 0 Å². The van der Waals surface area contributed by atoms with Gasteiger partial charge in [-0.2, -0.15) is 0 Å². The van der Waals surface area contributed by atoms with Gasteiger partial charge in [-0.1, -0.05) is 32.4 Å². The fraction of sp³-hybridized carbons (Fsp3) is 0.538. The van der Waals surface area contributed by atoms with Crippen molar-refractivity contribution in [2.75, 3.05) is 24.2 Å². The smallest absolute Gasteiger partial charge is 0.0627 e. The molecular formula is C13H22N2. The molecule has 1 unspecified atom stereocenters. The standard InChI is InChI=1S/C13H22N2/c1-5-10(2)9-15(4)13-11(3)7-6-8-12(13)14/h6-8,10H,5,9,14H2,1-4H3. The SMILES string of the molecule is CCC(C)CN(C)c1c(C)cccc1N. The van der Waals surface area contributed by atoms with Crippen LogP contribution in [0, 0.1) is 12.8 Å². The van der Waals surface area contributed by atoms with Gasteiger partial charge in [0.15, 0.2) is 0 Å². The van der Waals surface area contributed by atoms with Crippen molar-refractivity contribution in [1.29, 1.82) is 0 Å². The van der Waals surface area contributed by atoms with E-state index in [1.54, 1.807) is 0 Å². The third-order valence-corrected chi connectivity index (χ3v) is 2.93. The highest BCUT2D eigenvalue weighted by molar-refractivity contribution is 5.71. The summed E-state index contributed by atoms with van der Waals surface area (Å²) in [4.78, 5) is 2.26. The van der Waals surface area contributed by atoms with Crippen LogP contribution in [0.15, 0.2) is 18.2 Å². The molecule has 0 aromatic heterocycles. The lowest BCUT2D eigenvalue weighted by Crippen LogP contribution is -2.25. The quantitative estimate of drug-likeness (QED) is 0.767. The Morgan fingerprint density at radius 1 is 1.40 bits per heavy atom. The van der Waals surface area contributed by atoms with Crippen LogP contribution in [-0.2, 0) is 0 Å². The monoisotopic (exact) mass is 206 g/mol. The molecule has 0 heterocycles. The lowest BCUT2D eigenvalue weighted by atomic mass is 10.1. The number of rotatable bonds is 4. The summed E-state index contributed by atoms with van der Waals surface area (Å²) in [6.07, 6.45) is 1.20. The highest BCUT2D eigenvalue weighted by Gasteiger charge is 2.10. The van der Waals surface area contributed by atoms with Crippen molar-refractivity contribution < 1.29 is 0 Å². The first-order chi connectivity index (χ1) is 7.06. The maximum absolute atomic E-state index is 6.00. The Hall–Kier alpha value is -1.18. The molecule has 2 nitrogen and oxygen atoms in total. The van der Waals surface area contributed by atoms with Gasteiger partial charge < -0.3 is 10.6 Å². The van der Waals surface area contributed by atoms with Crippen LogP contribution in [0.1, 0.15) is 25.8 Å². The van der Waals surface area contributed by atoms with Crippen molar-refractivity contribution in [2.24, 2.45) is 5.92 Å². The molecule has 1 atom stereocenters. The number of aryl methyl sites for hydroxylation is 1. The zero-order valence-electron chi connectivity index (χ0n) is 10.2. The van der Waals surface area contributed by atoms with Gasteiger partial charge in [-0.3, -0.25) is 0 Å². The molecule has 1 aromatic rings. The lowest BCUT2D eigenvalue weighted by Gasteiger charge is -2.25. The van der Waals surface area contributed by atoms with E-state index >= 15 is 0 Å². The summed E-state index contributed by atoms with van der Waals surface area (Å²) in [6.45, 7) is 7.66. The van der Waals surface area contributed by atoms with Crippen molar-refractivity contribution in [1.82, 2.24) is 0 Å². The summed E-state index contributed by atoms with van der Waals surface area (Å²) in [5.41, 5.74) is 9.30. The van der Waals surface area contributed by atoms with Crippen molar-refractivity contribution in [2.45, 2.75) is 27.2 Å². The van der Waals surface area contributed by atoms with Crippen molar-refractivity contribution >= 4 is 11.4 Å². The molecule has 0 saturated heterocycles. The highest BCUT2D eigenvalue weighted by Crippen LogP contribution is 2.26. The Balaban J connectivity index is 2.86. The number of hydrogen-bond acceptors (Lipinski definition) is 2. The Labute approximate surface area is 93.1 Å². The van der Waals surface area contributed by atoms with E-state index in [0.29, 0.717) is 5.92 Å². The maximum Gasteiger partial charge on any atom is 0.0627 e. The number of nitrogens with zero attached hydrogens (tertiary/aromatic N) is 1. The van der Waals surface area contributed by atoms with E-state index in [-0.39, 0.29) is 0 Å². The Morgan fingerprint density at radius 3 is 2.60 bits per heavy atom. The third-order valence-electron chi connectivity index (χ3n) is 2.93. The second-order valence-corrected chi connectivity index (χ2v) is 4.41. The number of para-hydroxylation sites is 1. The first kappa shape index (κ1) is 11.9. The van der Waals surface area contributed by atoms with Gasteiger partial charge in [0.05, 0.1) is 11.4 Å². The van der Waals surface area contributed by atoms with Crippen LogP contribution in [0.5, 0.6) is 0 Å². The normalized spacial score (nSPS) is 12.5. The number of nitrogen functional groups attached to an aromatic ring is 1. The minimum atomic E-state index is 0.703. The Bertz CT molecular complexity index is 300. The van der Waals surface area contributed by atoms with E-state index in [0.717, 1.165) is 12.2 Å². The van der Waals surface area contributed by atoms with Crippen molar-refractivity contribution in [3.63, 3.8) is 0 Å². The average Bonchev–Trinajstić information content (AvgIpc) is 2.17. The zero-order chi connectivity index (χ0) is 11.4. The van der Waals surface area contributed by atoms with Crippen LogP contribution >= 0.6 is 0 Å². The molecule has 1 rings (SSSR count). The van der Waals surface area contributed by atoms with Crippen molar-refractivity contribution in [3.05, 3.63) is 23.8 Å². The van der Waals surface area contributed by atoms with Gasteiger partial charge in [-0.15, -0.1) is 0 Å². The summed E-state index contributed by atoms with van der Waals surface area (Å²) in [6, 6.07) is 6.08. The second kappa shape index (κ2) is 5.06. The number of benzene rings is 1. The second-order valence-electron chi connectivity index (χ2n) is 4.41. The number of hydrogen-bond donors (Lipinski definition) is 1. The van der Waals surface area contributed by atoms with E-state index in [1.807, 2.05) is 12.1 Å². The summed E-state index contributed by atoms with van der Waals surface area (Å²) >= 11 is 0. The molecule has 1 aromatic carbocycles. The summed E-state index contributed by atoms with van der Waals surface area (Å²) in [7, 11) is 2.12. The molecule has 0 aliphatic carbocycles. The molecule has 15 heavy (non-hydrogen) atoms. The molecule has 0 fully saturated rings. The van der Waals surface area contributed by atoms with Crippen molar-refractivity contribution in [3.8, 4) is 0 Å². The first-order valence-electron chi connectivity index (χ1n) is 5.62. The van der Waals surface area contributed by atoms with Crippen LogP contribution in [-0.4, -0.2) is 13.6 Å². The van der Waals surface area contributed by atoms with Gasteiger partial charge in [-0.05, 0) is 24.5 Å². The van der Waals surface area contributed by atoms with E-state index in [1.165, 1.54) is 17.7 Å². The highest BCUT2D eigenvalue weighted by atomic mass is 15.1. The topological polar surface area (TPSA) is 29.3 Å². The maximum atomic E-state index is 6.00. The van der Waals surface area contributed by atoms with E-state index in [4.69, 9.17) is 5.73 Å². The van der Waals surface area contributed by atoms with Crippen LogP contribution in [0.25, 0.3) is 0 Å². The van der Waals surface area contributed by atoms with E-state index in [2.05, 4.69) is 38.8 Å². The molecule has 0 amide bonds. The first-order valence-corrected chi connectivity index (χ1v) is 5.62. The van der Waals surface area contributed by atoms with Crippen LogP contribution in [0.4, 0.5) is 11.4 Å². The van der Waals surface area contributed by atoms with E-state index < -0.39 is 0 Å². The molecule has 0 radical (unpaired) electrons. The van der Waals surface area contributed by atoms with Gasteiger partial charge in [0, 0.05) is 13.6 Å². The molecule has 0 spiro atoms. The third kappa shape index (κ3) is 2.88. The van der Waals surface area contributed by atoms with Gasteiger partial charge in [0.25, 0.3) is 0 Å². The van der Waals surface area contributed by atoms with E-state index in [9.17, 15) is 0 Å². The molecule has 0 saturated carbocycles. The average molecular weight is 206 g/mol. The number of anilines is 2. The molecule has 2 heteroatoms. The largest absolute Gasteiger partial charge is 0.397 e. The lowest BCUT2D eigenvalue weighted by molar-refractivity contribution is 0.560. The summed E-state index contributed by atoms with van der Waals surface area (Å²) in [5, 5.41) is 0. The molecule has 84 valence electrons. The molecule has 0 bridgehead atoms. The van der Waals surface area contributed by atoms with Crippen LogP contribution < -0.4 is 10.6 Å². The summed E-state index contributed by atoms with van der Waals surface area (Å²) < 4.78 is 0. The predicted octanol–water partition coefficient (Wildman–Crippen LogP) is 3.06. The molecular weight excluding hydrogens is 184 g/mol. The predicted molar refractivity (Wildman–Crippen MR) is 68.3 cm³/mol. The molecule has 0 aliphatic rings.